The summed E-state index contributed by atoms with van der Waals surface area (Å²) in [7, 11) is -9.85. The number of nitrogens with one attached hydrogen (secondary N) is 1. The van der Waals surface area contributed by atoms with Gasteiger partial charge in [0.2, 0.25) is 0 Å². The Morgan fingerprint density at radius 2 is 1.23 bits per heavy atom. The lowest BCUT2D eigenvalue weighted by Gasteiger charge is -2.15. The van der Waals surface area contributed by atoms with Crippen LogP contribution in [0.3, 0.4) is 0 Å². The standard InChI is InChI=1S/C28H17N3O10S2/c29-17-5-7-19(23-21(17)27(34)15-9-11(42(36,37)38)1-3-13(15)25(23)32)31-20-8-6-18(30)22-24(20)26(33)14-4-2-12(43(39,40)41)10-16(14)28(22)35/h1-10,29,33,35H,30H2,(H,36,37,38)(H,39,40,41)/p-2. The second-order valence-corrected chi connectivity index (χ2v) is 12.4. The zero-order chi connectivity index (χ0) is 31.2. The Kier molecular flexibility index (Phi) is 5.94. The van der Waals surface area contributed by atoms with Gasteiger partial charge < -0.3 is 30.5 Å². The zero-order valence-electron chi connectivity index (χ0n) is 21.3. The second kappa shape index (κ2) is 9.14. The highest BCUT2D eigenvalue weighted by atomic mass is 32.2. The average molecular weight is 618 g/mol. The van der Waals surface area contributed by atoms with Crippen molar-refractivity contribution in [3.05, 3.63) is 102 Å². The Balaban J connectivity index is 1.78. The van der Waals surface area contributed by atoms with E-state index in [1.165, 1.54) is 24.3 Å². The summed E-state index contributed by atoms with van der Waals surface area (Å²) in [6.07, 6.45) is 0. The summed E-state index contributed by atoms with van der Waals surface area (Å²) in [5, 5.41) is 28.4. The quantitative estimate of drug-likeness (QED) is 0.0942. The number of fused-ring (bicyclic) bond motifs is 3. The van der Waals surface area contributed by atoms with Crippen LogP contribution in [0, 0.1) is 15.8 Å². The molecule has 6 rings (SSSR count). The number of phenolic OH excluding ortho intramolecular Hbond substituents is 2. The first-order chi connectivity index (χ1) is 20.1. The maximum absolute atomic E-state index is 13.6. The Labute approximate surface area is 239 Å². The number of anilines is 1. The van der Waals surface area contributed by atoms with Gasteiger partial charge in [0, 0.05) is 27.2 Å². The minimum Gasteiger partial charge on any atom is -0.744 e. The molecule has 43 heavy (non-hydrogen) atoms. The van der Waals surface area contributed by atoms with Crippen LogP contribution in [0.1, 0.15) is 0 Å². The molecular formula is C28H15N3O10S2-2. The molecule has 13 nitrogen and oxygen atoms in total. The van der Waals surface area contributed by atoms with Gasteiger partial charge in [0.25, 0.3) is 0 Å². The van der Waals surface area contributed by atoms with Crippen LogP contribution in [0.15, 0.2) is 85.0 Å². The van der Waals surface area contributed by atoms with E-state index in [1.54, 1.807) is 0 Å². The monoisotopic (exact) mass is 617 g/mol. The van der Waals surface area contributed by atoms with Crippen LogP contribution in [0.2, 0.25) is 0 Å². The summed E-state index contributed by atoms with van der Waals surface area (Å²) in [6.45, 7) is 0. The molecule has 0 aromatic heterocycles. The summed E-state index contributed by atoms with van der Waals surface area (Å²) in [4.78, 5) is 30.1. The van der Waals surface area contributed by atoms with Crippen molar-refractivity contribution < 1.29 is 36.2 Å². The van der Waals surface area contributed by atoms with Crippen molar-refractivity contribution in [2.75, 3.05) is 5.73 Å². The second-order valence-electron chi connectivity index (χ2n) is 9.60. The number of benzene rings is 4. The molecule has 15 heteroatoms. The number of aromatic hydroxyl groups is 2. The van der Waals surface area contributed by atoms with Crippen LogP contribution in [0.25, 0.3) is 32.3 Å². The highest BCUT2D eigenvalue weighted by molar-refractivity contribution is 7.86. The van der Waals surface area contributed by atoms with Gasteiger partial charge >= 0.3 is 0 Å². The fourth-order valence-electron chi connectivity index (χ4n) is 5.16. The minimum atomic E-state index is -4.95. The van der Waals surface area contributed by atoms with Gasteiger partial charge in [-0.1, -0.05) is 0 Å². The predicted molar refractivity (Wildman–Crippen MR) is 150 cm³/mol. The predicted octanol–water partition coefficient (Wildman–Crippen LogP) is 0.980. The molecule has 0 radical (unpaired) electrons. The van der Waals surface area contributed by atoms with Crippen LogP contribution in [-0.2, 0) is 20.2 Å². The Morgan fingerprint density at radius 1 is 0.674 bits per heavy atom. The highest BCUT2D eigenvalue weighted by Crippen LogP contribution is 2.47. The number of nitrogens with zero attached hydrogens (tertiary/aromatic N) is 1. The van der Waals surface area contributed by atoms with Gasteiger partial charge in [-0.25, -0.2) is 21.8 Å². The fourth-order valence-corrected chi connectivity index (χ4v) is 6.15. The number of nitrogens with two attached hydrogens (primary N) is 1. The first-order valence-electron chi connectivity index (χ1n) is 12.0. The Hall–Kier alpha value is -5.22. The molecule has 0 bridgehead atoms. The molecule has 216 valence electrons. The van der Waals surface area contributed by atoms with Gasteiger partial charge in [-0.2, -0.15) is 0 Å². The van der Waals surface area contributed by atoms with E-state index in [9.17, 15) is 45.7 Å². The van der Waals surface area contributed by atoms with Crippen LogP contribution in [-0.4, -0.2) is 36.2 Å². The zero-order valence-corrected chi connectivity index (χ0v) is 22.9. The molecule has 2 aliphatic carbocycles. The summed E-state index contributed by atoms with van der Waals surface area (Å²) < 4.78 is 69.2. The highest BCUT2D eigenvalue weighted by Gasteiger charge is 2.20. The molecule has 0 amide bonds. The smallest absolute Gasteiger partial charge is 0.196 e. The fraction of sp³-hybridized carbons (Fsp3) is 0. The van der Waals surface area contributed by atoms with E-state index < -0.39 is 52.4 Å². The first kappa shape index (κ1) is 27.9. The van der Waals surface area contributed by atoms with Crippen molar-refractivity contribution in [3.63, 3.8) is 0 Å². The largest absolute Gasteiger partial charge is 0.744 e. The molecular weight excluding hydrogens is 602 g/mol. The summed E-state index contributed by atoms with van der Waals surface area (Å²) in [5.74, 6) is -1.05. The van der Waals surface area contributed by atoms with Crippen LogP contribution >= 0.6 is 0 Å². The van der Waals surface area contributed by atoms with E-state index in [0.717, 1.165) is 36.4 Å². The van der Waals surface area contributed by atoms with Crippen molar-refractivity contribution in [1.29, 1.82) is 5.41 Å². The number of phenols is 2. The molecule has 4 aromatic carbocycles. The topological polar surface area (TPSA) is 251 Å². The van der Waals surface area contributed by atoms with Gasteiger partial charge in [0.05, 0.1) is 47.4 Å². The lowest BCUT2D eigenvalue weighted by Crippen LogP contribution is -2.28. The van der Waals surface area contributed by atoms with Crippen molar-refractivity contribution in [2.24, 2.45) is 4.99 Å². The van der Waals surface area contributed by atoms with Crippen molar-refractivity contribution >= 4 is 63.9 Å². The van der Waals surface area contributed by atoms with Crippen LogP contribution < -0.4 is 27.3 Å². The van der Waals surface area contributed by atoms with E-state index >= 15 is 0 Å². The van der Waals surface area contributed by atoms with Gasteiger partial charge in [-0.3, -0.25) is 9.59 Å². The minimum absolute atomic E-state index is 0.0433. The number of rotatable bonds is 3. The molecule has 0 fully saturated rings. The lowest BCUT2D eigenvalue weighted by atomic mass is 9.98. The molecule has 0 atom stereocenters. The SMILES string of the molecule is N=c1ccc(=Nc2ccc(N)c3c(O)c4cc(S(=O)(=O)[O-])ccc4c(O)c23)c2c(=O)c3ccc(S(=O)(=O)[O-])cc3c(=O)c1=2. The number of hydrogen-bond donors (Lipinski definition) is 4. The molecule has 0 unspecified atom stereocenters. The third kappa shape index (κ3) is 4.21. The van der Waals surface area contributed by atoms with Crippen molar-refractivity contribution in [2.45, 2.75) is 9.79 Å². The number of nitrogen functional groups attached to an aromatic ring is 1. The normalized spacial score (nSPS) is 13.0. The molecule has 0 heterocycles. The van der Waals surface area contributed by atoms with E-state index in [2.05, 4.69) is 4.99 Å². The first-order valence-corrected chi connectivity index (χ1v) is 14.9. The summed E-state index contributed by atoms with van der Waals surface area (Å²) >= 11 is 0. The summed E-state index contributed by atoms with van der Waals surface area (Å²) in [6, 6.07) is 10.8. The average Bonchev–Trinajstić information content (AvgIpc) is 2.94. The van der Waals surface area contributed by atoms with E-state index in [-0.39, 0.29) is 64.8 Å². The molecule has 5 N–H and O–H groups in total. The molecule has 2 aliphatic rings. The van der Waals surface area contributed by atoms with Gasteiger partial charge in [0.15, 0.2) is 10.9 Å². The van der Waals surface area contributed by atoms with Crippen molar-refractivity contribution in [1.82, 2.24) is 0 Å². The molecule has 0 saturated heterocycles. The maximum atomic E-state index is 13.6. The number of hydrogen-bond acceptors (Lipinski definition) is 13. The molecule has 0 spiro atoms. The van der Waals surface area contributed by atoms with E-state index in [1.807, 2.05) is 0 Å². The Bertz CT molecular complexity index is 2770. The van der Waals surface area contributed by atoms with Gasteiger partial charge in [0.1, 0.15) is 31.7 Å². The molecule has 0 saturated carbocycles. The van der Waals surface area contributed by atoms with Crippen LogP contribution in [0.5, 0.6) is 11.5 Å². The van der Waals surface area contributed by atoms with Gasteiger partial charge in [-0.15, -0.1) is 0 Å². The Morgan fingerprint density at radius 3 is 1.86 bits per heavy atom. The lowest BCUT2D eigenvalue weighted by molar-refractivity contribution is 0.461. The molecule has 4 aromatic rings. The van der Waals surface area contributed by atoms with Crippen LogP contribution in [0.4, 0.5) is 11.4 Å². The third-order valence-corrected chi connectivity index (χ3v) is 8.79. The van der Waals surface area contributed by atoms with Crippen molar-refractivity contribution in [3.8, 4) is 11.5 Å². The van der Waals surface area contributed by atoms with Gasteiger partial charge in [-0.05, 0) is 60.7 Å². The van der Waals surface area contributed by atoms with E-state index in [4.69, 9.17) is 11.1 Å². The van der Waals surface area contributed by atoms with E-state index in [0.29, 0.717) is 0 Å². The molecule has 0 aliphatic heterocycles. The summed E-state index contributed by atoms with van der Waals surface area (Å²) in [5.41, 5.74) is 4.33. The third-order valence-electron chi connectivity index (χ3n) is 7.13. The maximum Gasteiger partial charge on any atom is 0.196 e.